The van der Waals surface area contributed by atoms with Gasteiger partial charge in [-0.15, -0.1) is 0 Å². The van der Waals surface area contributed by atoms with E-state index in [1.165, 1.54) is 25.7 Å². The van der Waals surface area contributed by atoms with Gasteiger partial charge in [-0.25, -0.2) is 4.98 Å². The van der Waals surface area contributed by atoms with Crippen LogP contribution >= 0.6 is 0 Å². The number of pyridine rings is 1. The minimum absolute atomic E-state index is 0.697. The minimum Gasteiger partial charge on any atom is -0.369 e. The fourth-order valence-corrected chi connectivity index (χ4v) is 2.81. The molecule has 0 aliphatic heterocycles. The number of nitriles is 1. The number of anilines is 1. The largest absolute Gasteiger partial charge is 0.369 e. The highest BCUT2D eigenvalue weighted by molar-refractivity contribution is 5.55. The van der Waals surface area contributed by atoms with Crippen molar-refractivity contribution >= 4 is 5.82 Å². The quantitative estimate of drug-likeness (QED) is 0.861. The Kier molecular flexibility index (Phi) is 2.95. The van der Waals surface area contributed by atoms with Gasteiger partial charge in [-0.1, -0.05) is 0 Å². The van der Waals surface area contributed by atoms with Crippen LogP contribution in [0.3, 0.4) is 0 Å². The average molecular weight is 241 g/mol. The molecule has 3 heteroatoms. The van der Waals surface area contributed by atoms with Crippen molar-refractivity contribution in [1.82, 2.24) is 4.98 Å². The summed E-state index contributed by atoms with van der Waals surface area (Å²) in [5, 5.41) is 12.6. The van der Waals surface area contributed by atoms with E-state index in [0.29, 0.717) is 5.56 Å². The molecule has 1 aromatic rings. The first kappa shape index (κ1) is 11.5. The lowest BCUT2D eigenvalue weighted by molar-refractivity contribution is 0.427. The van der Waals surface area contributed by atoms with Crippen LogP contribution in [0.1, 0.15) is 36.8 Å². The van der Waals surface area contributed by atoms with Gasteiger partial charge in [0.2, 0.25) is 0 Å². The normalized spacial score (nSPS) is 18.7. The molecule has 0 bridgehead atoms. The zero-order valence-electron chi connectivity index (χ0n) is 10.8. The predicted molar refractivity (Wildman–Crippen MR) is 71.1 cm³/mol. The highest BCUT2D eigenvalue weighted by atomic mass is 15.0. The van der Waals surface area contributed by atoms with Crippen LogP contribution in [0.4, 0.5) is 5.82 Å². The third kappa shape index (κ3) is 2.33. The second-order valence-corrected chi connectivity index (χ2v) is 5.68. The lowest BCUT2D eigenvalue weighted by Gasteiger charge is -2.17. The summed E-state index contributed by atoms with van der Waals surface area (Å²) in [5.41, 5.74) is 1.70. The number of hydrogen-bond donors (Lipinski definition) is 1. The molecule has 0 saturated heterocycles. The Morgan fingerprint density at radius 2 is 2.06 bits per heavy atom. The van der Waals surface area contributed by atoms with E-state index in [1.807, 2.05) is 13.0 Å². The first-order valence-corrected chi connectivity index (χ1v) is 6.89. The second kappa shape index (κ2) is 4.61. The number of aromatic nitrogens is 1. The molecule has 2 saturated carbocycles. The molecule has 0 unspecified atom stereocenters. The van der Waals surface area contributed by atoms with Crippen LogP contribution in [0, 0.1) is 36.0 Å². The number of aryl methyl sites for hydroxylation is 1. The van der Waals surface area contributed by atoms with Crippen molar-refractivity contribution in [1.29, 1.82) is 5.26 Å². The molecule has 2 aliphatic rings. The van der Waals surface area contributed by atoms with Crippen LogP contribution in [-0.2, 0) is 0 Å². The summed E-state index contributed by atoms with van der Waals surface area (Å²) in [6.07, 6.45) is 7.37. The van der Waals surface area contributed by atoms with Crippen molar-refractivity contribution in [3.63, 3.8) is 0 Å². The Morgan fingerprint density at radius 1 is 1.39 bits per heavy atom. The van der Waals surface area contributed by atoms with Gasteiger partial charge in [0.1, 0.15) is 11.9 Å². The average Bonchev–Trinajstić information content (AvgIpc) is 3.24. The maximum absolute atomic E-state index is 9.18. The van der Waals surface area contributed by atoms with Gasteiger partial charge in [0.05, 0.1) is 5.56 Å². The van der Waals surface area contributed by atoms with Crippen molar-refractivity contribution in [2.45, 2.75) is 32.6 Å². The van der Waals surface area contributed by atoms with Crippen molar-refractivity contribution in [2.24, 2.45) is 17.8 Å². The van der Waals surface area contributed by atoms with Gasteiger partial charge < -0.3 is 5.32 Å². The van der Waals surface area contributed by atoms with Crippen molar-refractivity contribution < 1.29 is 0 Å². The van der Waals surface area contributed by atoms with Crippen LogP contribution in [-0.4, -0.2) is 11.5 Å². The minimum atomic E-state index is 0.697. The lowest BCUT2D eigenvalue weighted by Crippen LogP contribution is -2.19. The van der Waals surface area contributed by atoms with Gasteiger partial charge in [0.15, 0.2) is 0 Å². The summed E-state index contributed by atoms with van der Waals surface area (Å²) in [4.78, 5) is 4.31. The molecule has 1 N–H and O–H groups in total. The molecule has 3 nitrogen and oxygen atoms in total. The highest BCUT2D eigenvalue weighted by Crippen LogP contribution is 2.49. The van der Waals surface area contributed by atoms with Gasteiger partial charge >= 0.3 is 0 Å². The summed E-state index contributed by atoms with van der Waals surface area (Å²) < 4.78 is 0. The van der Waals surface area contributed by atoms with E-state index in [-0.39, 0.29) is 0 Å². The van der Waals surface area contributed by atoms with Crippen LogP contribution in [0.15, 0.2) is 12.3 Å². The molecule has 0 amide bonds. The Labute approximate surface area is 108 Å². The monoisotopic (exact) mass is 241 g/mol. The van der Waals surface area contributed by atoms with Crippen LogP contribution in [0.25, 0.3) is 0 Å². The Morgan fingerprint density at radius 3 is 2.61 bits per heavy atom. The maximum atomic E-state index is 9.18. The van der Waals surface area contributed by atoms with E-state index in [4.69, 9.17) is 0 Å². The number of nitrogens with one attached hydrogen (secondary N) is 1. The van der Waals surface area contributed by atoms with E-state index >= 15 is 0 Å². The molecule has 1 heterocycles. The molecule has 1 aromatic heterocycles. The third-order valence-electron chi connectivity index (χ3n) is 4.23. The van der Waals surface area contributed by atoms with Crippen LogP contribution in [0.2, 0.25) is 0 Å². The zero-order valence-corrected chi connectivity index (χ0v) is 10.8. The molecule has 2 aliphatic carbocycles. The molecule has 0 spiro atoms. The second-order valence-electron chi connectivity index (χ2n) is 5.68. The van der Waals surface area contributed by atoms with Gasteiger partial charge in [-0.3, -0.25) is 0 Å². The molecule has 0 radical (unpaired) electrons. The smallest absolute Gasteiger partial charge is 0.144 e. The van der Waals surface area contributed by atoms with Crippen LogP contribution in [0.5, 0.6) is 0 Å². The maximum Gasteiger partial charge on any atom is 0.144 e. The summed E-state index contributed by atoms with van der Waals surface area (Å²) >= 11 is 0. The Balaban J connectivity index is 1.69. The summed E-state index contributed by atoms with van der Waals surface area (Å²) in [6, 6.07) is 4.14. The van der Waals surface area contributed by atoms with Crippen molar-refractivity contribution in [3.05, 3.63) is 23.4 Å². The first-order chi connectivity index (χ1) is 8.79. The van der Waals surface area contributed by atoms with E-state index in [9.17, 15) is 5.26 Å². The van der Waals surface area contributed by atoms with Gasteiger partial charge in [0, 0.05) is 12.7 Å². The van der Waals surface area contributed by atoms with E-state index in [2.05, 4.69) is 16.4 Å². The number of hydrogen-bond acceptors (Lipinski definition) is 3. The first-order valence-electron chi connectivity index (χ1n) is 6.89. The van der Waals surface area contributed by atoms with Crippen molar-refractivity contribution in [2.75, 3.05) is 11.9 Å². The fourth-order valence-electron chi connectivity index (χ4n) is 2.81. The standard InChI is InChI=1S/C15H19N3/c1-10-6-7-17-15(13(10)8-16)18-9-14(11-2-3-11)12-4-5-12/h6-7,11-12,14H,2-5,9H2,1H3,(H,17,18). The summed E-state index contributed by atoms with van der Waals surface area (Å²) in [6.45, 7) is 2.95. The molecule has 0 aromatic carbocycles. The zero-order chi connectivity index (χ0) is 12.5. The molecule has 94 valence electrons. The molecule has 3 rings (SSSR count). The van der Waals surface area contributed by atoms with E-state index < -0.39 is 0 Å². The Hall–Kier alpha value is -1.56. The summed E-state index contributed by atoms with van der Waals surface area (Å²) in [5.74, 6) is 3.43. The fraction of sp³-hybridized carbons (Fsp3) is 0.600. The van der Waals surface area contributed by atoms with Crippen LogP contribution < -0.4 is 5.32 Å². The van der Waals surface area contributed by atoms with E-state index in [1.54, 1.807) is 6.20 Å². The molecular weight excluding hydrogens is 222 g/mol. The highest BCUT2D eigenvalue weighted by Gasteiger charge is 2.41. The number of nitrogens with zero attached hydrogens (tertiary/aromatic N) is 2. The molecule has 2 fully saturated rings. The summed E-state index contributed by atoms with van der Waals surface area (Å²) in [7, 11) is 0. The molecule has 0 atom stereocenters. The SMILES string of the molecule is Cc1ccnc(NCC(C2CC2)C2CC2)c1C#N. The lowest BCUT2D eigenvalue weighted by atomic mass is 9.98. The van der Waals surface area contributed by atoms with Gasteiger partial charge in [0.25, 0.3) is 0 Å². The van der Waals surface area contributed by atoms with E-state index in [0.717, 1.165) is 35.7 Å². The van der Waals surface area contributed by atoms with Gasteiger partial charge in [-0.2, -0.15) is 5.26 Å². The third-order valence-corrected chi connectivity index (χ3v) is 4.23. The number of rotatable bonds is 5. The molecular formula is C15H19N3. The Bertz CT molecular complexity index is 469. The van der Waals surface area contributed by atoms with Crippen molar-refractivity contribution in [3.8, 4) is 6.07 Å². The predicted octanol–water partition coefficient (Wildman–Crippen LogP) is 3.11. The molecule has 18 heavy (non-hydrogen) atoms. The van der Waals surface area contributed by atoms with Gasteiger partial charge in [-0.05, 0) is 62.0 Å². The topological polar surface area (TPSA) is 48.7 Å².